The van der Waals surface area contributed by atoms with E-state index in [1.54, 1.807) is 4.31 Å². The maximum Gasteiger partial charge on any atom is 0.214 e. The van der Waals surface area contributed by atoms with Crippen LogP contribution in [0.2, 0.25) is 0 Å². The number of piperidine rings is 1. The molecule has 7 heteroatoms. The van der Waals surface area contributed by atoms with Gasteiger partial charge in [0.1, 0.15) is 0 Å². The summed E-state index contributed by atoms with van der Waals surface area (Å²) < 4.78 is 27.5. The van der Waals surface area contributed by atoms with E-state index < -0.39 is 10.0 Å². The van der Waals surface area contributed by atoms with Crippen molar-refractivity contribution < 1.29 is 8.42 Å². The largest absolute Gasteiger partial charge is 0.302 e. The van der Waals surface area contributed by atoms with Gasteiger partial charge in [0.15, 0.2) is 0 Å². The predicted octanol–water partition coefficient (Wildman–Crippen LogP) is 3.46. The summed E-state index contributed by atoms with van der Waals surface area (Å²) in [7, 11) is -3.28. The van der Waals surface area contributed by atoms with Crippen molar-refractivity contribution in [3.8, 4) is 0 Å². The minimum atomic E-state index is -3.28. The summed E-state index contributed by atoms with van der Waals surface area (Å²) in [6, 6.07) is -0.0745. The quantitative estimate of drug-likeness (QED) is 0.437. The van der Waals surface area contributed by atoms with E-state index in [1.165, 1.54) is 19.3 Å². The van der Waals surface area contributed by atoms with Crippen LogP contribution in [-0.4, -0.2) is 66.2 Å². The molecule has 4 nitrogen and oxygen atoms in total. The van der Waals surface area contributed by atoms with Gasteiger partial charge in [0, 0.05) is 36.2 Å². The number of thiocarbonyl (C=S) groups is 1. The zero-order valence-electron chi connectivity index (χ0n) is 15.8. The Hall–Kier alpha value is -0.210. The van der Waals surface area contributed by atoms with Crippen molar-refractivity contribution >= 4 is 39.7 Å². The lowest BCUT2D eigenvalue weighted by atomic mass is 10.0. The summed E-state index contributed by atoms with van der Waals surface area (Å²) in [4.78, 5) is 3.31. The monoisotopic (exact) mass is 416 g/mol. The molecule has 0 aromatic rings. The highest BCUT2D eigenvalue weighted by Gasteiger charge is 2.27. The number of hydrogen-bond acceptors (Lipinski definition) is 5. The topological polar surface area (TPSA) is 40.6 Å². The molecule has 0 N–H and O–H groups in total. The summed E-state index contributed by atoms with van der Waals surface area (Å²) in [6.07, 6.45) is 12.1. The standard InChI is InChI=1S/C19H32N2O2S3/c1-17(16-24)21(13-12-20-10-3-2-4-11-20)26(22,23)14-6-8-18-7-5-9-19(25)15-18/h5,7,15,17,24H,2-4,6,8-14,16H2,1H3/t17-/m1/s1. The Labute approximate surface area is 170 Å². The molecule has 1 heterocycles. The van der Waals surface area contributed by atoms with Crippen molar-refractivity contribution in [2.75, 3.05) is 37.7 Å². The molecule has 2 aliphatic rings. The Balaban J connectivity index is 1.89. The van der Waals surface area contributed by atoms with Gasteiger partial charge in [0.05, 0.1) is 5.75 Å². The predicted molar refractivity (Wildman–Crippen MR) is 118 cm³/mol. The Morgan fingerprint density at radius 2 is 2.04 bits per heavy atom. The Morgan fingerprint density at radius 3 is 2.69 bits per heavy atom. The average Bonchev–Trinajstić information content (AvgIpc) is 2.62. The number of allylic oxidation sites excluding steroid dienone is 4. The molecule has 0 bridgehead atoms. The fourth-order valence-electron chi connectivity index (χ4n) is 3.52. The van der Waals surface area contributed by atoms with Gasteiger partial charge in [-0.05, 0) is 57.3 Å². The maximum atomic E-state index is 12.9. The van der Waals surface area contributed by atoms with Crippen LogP contribution in [0.15, 0.2) is 23.8 Å². The molecule has 2 rings (SSSR count). The molecule has 0 radical (unpaired) electrons. The summed E-state index contributed by atoms with van der Waals surface area (Å²) in [5.41, 5.74) is 1.14. The summed E-state index contributed by atoms with van der Waals surface area (Å²) in [6.45, 7) is 5.51. The number of sulfonamides is 1. The number of nitrogens with zero attached hydrogens (tertiary/aromatic N) is 2. The summed E-state index contributed by atoms with van der Waals surface area (Å²) >= 11 is 9.57. The molecular formula is C19H32N2O2S3. The van der Waals surface area contributed by atoms with Gasteiger partial charge in [-0.15, -0.1) is 0 Å². The van der Waals surface area contributed by atoms with Gasteiger partial charge < -0.3 is 4.90 Å². The first-order valence-corrected chi connectivity index (χ1v) is 12.3. The first-order chi connectivity index (χ1) is 12.4. The molecule has 0 saturated carbocycles. The van der Waals surface area contributed by atoms with Crippen LogP contribution >= 0.6 is 24.8 Å². The molecule has 1 atom stereocenters. The first kappa shape index (κ1) is 22.1. The normalized spacial score (nSPS) is 20.4. The van der Waals surface area contributed by atoms with Gasteiger partial charge >= 0.3 is 0 Å². The average molecular weight is 417 g/mol. The highest BCUT2D eigenvalue weighted by molar-refractivity contribution is 7.89. The lowest BCUT2D eigenvalue weighted by Gasteiger charge is -2.32. The van der Waals surface area contributed by atoms with E-state index in [-0.39, 0.29) is 11.8 Å². The molecule has 0 aromatic heterocycles. The Kier molecular flexibility index (Phi) is 9.30. The highest BCUT2D eigenvalue weighted by atomic mass is 32.2. The molecule has 1 saturated heterocycles. The second-order valence-electron chi connectivity index (χ2n) is 7.26. The van der Waals surface area contributed by atoms with Gasteiger partial charge in [-0.3, -0.25) is 0 Å². The molecule has 0 spiro atoms. The molecule has 1 fully saturated rings. The fourth-order valence-corrected chi connectivity index (χ4v) is 5.80. The van der Waals surface area contributed by atoms with Crippen LogP contribution in [0.4, 0.5) is 0 Å². The van der Waals surface area contributed by atoms with Crippen molar-refractivity contribution in [2.45, 2.75) is 51.5 Å². The lowest BCUT2D eigenvalue weighted by Crippen LogP contribution is -2.46. The van der Waals surface area contributed by atoms with E-state index in [0.29, 0.717) is 18.7 Å². The molecular weight excluding hydrogens is 384 g/mol. The van der Waals surface area contributed by atoms with Crippen molar-refractivity contribution in [1.82, 2.24) is 9.21 Å². The Morgan fingerprint density at radius 1 is 1.31 bits per heavy atom. The van der Waals surface area contributed by atoms with Crippen LogP contribution in [0.3, 0.4) is 0 Å². The fraction of sp³-hybridized carbons (Fsp3) is 0.737. The second-order valence-corrected chi connectivity index (χ2v) is 10.2. The van der Waals surface area contributed by atoms with E-state index >= 15 is 0 Å². The van der Waals surface area contributed by atoms with Crippen LogP contribution in [0.1, 0.15) is 45.4 Å². The second kappa shape index (κ2) is 11.0. The van der Waals surface area contributed by atoms with Crippen LogP contribution in [0, 0.1) is 0 Å². The third kappa shape index (κ3) is 7.08. The number of likely N-dealkylation sites (tertiary alicyclic amines) is 1. The maximum absolute atomic E-state index is 12.9. The van der Waals surface area contributed by atoms with E-state index in [4.69, 9.17) is 12.2 Å². The minimum Gasteiger partial charge on any atom is -0.302 e. The Bertz CT molecular complexity index is 623. The van der Waals surface area contributed by atoms with E-state index in [9.17, 15) is 8.42 Å². The van der Waals surface area contributed by atoms with Gasteiger partial charge in [-0.1, -0.05) is 30.8 Å². The highest BCUT2D eigenvalue weighted by Crippen LogP contribution is 2.17. The van der Waals surface area contributed by atoms with E-state index in [0.717, 1.165) is 42.9 Å². The van der Waals surface area contributed by atoms with Crippen LogP contribution in [0.25, 0.3) is 0 Å². The van der Waals surface area contributed by atoms with Crippen molar-refractivity contribution in [1.29, 1.82) is 0 Å². The van der Waals surface area contributed by atoms with Gasteiger partial charge in [0.25, 0.3) is 0 Å². The number of rotatable bonds is 10. The van der Waals surface area contributed by atoms with Crippen molar-refractivity contribution in [3.63, 3.8) is 0 Å². The van der Waals surface area contributed by atoms with Crippen LogP contribution in [-0.2, 0) is 10.0 Å². The third-order valence-corrected chi connectivity index (χ3v) is 7.94. The first-order valence-electron chi connectivity index (χ1n) is 9.65. The van der Waals surface area contributed by atoms with E-state index in [2.05, 4.69) is 29.7 Å². The van der Waals surface area contributed by atoms with Crippen LogP contribution in [0.5, 0.6) is 0 Å². The SMILES string of the molecule is C[C@H](CS)N(CCN1CCCCC1)S(=O)(=O)CCCC1=CC(=S)CC=C1. The van der Waals surface area contributed by atoms with Crippen LogP contribution < -0.4 is 0 Å². The number of hydrogen-bond donors (Lipinski definition) is 1. The van der Waals surface area contributed by atoms with Gasteiger partial charge in [-0.2, -0.15) is 16.9 Å². The third-order valence-electron chi connectivity index (χ3n) is 5.06. The van der Waals surface area contributed by atoms with Crippen molar-refractivity contribution in [2.24, 2.45) is 0 Å². The molecule has 26 heavy (non-hydrogen) atoms. The zero-order chi connectivity index (χ0) is 19.0. The minimum absolute atomic E-state index is 0.0745. The summed E-state index contributed by atoms with van der Waals surface area (Å²) in [5.74, 6) is 0.727. The zero-order valence-corrected chi connectivity index (χ0v) is 18.3. The smallest absolute Gasteiger partial charge is 0.214 e. The molecule has 1 aliphatic heterocycles. The van der Waals surface area contributed by atoms with Gasteiger partial charge in [-0.25, -0.2) is 8.42 Å². The molecule has 0 amide bonds. The van der Waals surface area contributed by atoms with Gasteiger partial charge in [0.2, 0.25) is 10.0 Å². The van der Waals surface area contributed by atoms with Crippen molar-refractivity contribution in [3.05, 3.63) is 23.8 Å². The molecule has 1 aliphatic carbocycles. The molecule has 148 valence electrons. The summed E-state index contributed by atoms with van der Waals surface area (Å²) in [5, 5.41) is 0. The van der Waals surface area contributed by atoms with E-state index in [1.807, 2.05) is 13.0 Å². The lowest BCUT2D eigenvalue weighted by molar-refractivity contribution is 0.205. The number of thiol groups is 1. The molecule has 0 aromatic carbocycles. The molecule has 0 unspecified atom stereocenters.